The summed E-state index contributed by atoms with van der Waals surface area (Å²) in [5.74, 6) is -0.679. The minimum Gasteiger partial charge on any atom is -0.479 e. The summed E-state index contributed by atoms with van der Waals surface area (Å²) in [6, 6.07) is 7.84. The lowest BCUT2D eigenvalue weighted by Crippen LogP contribution is -2.49. The second-order valence-corrected chi connectivity index (χ2v) is 14.0. The monoisotopic (exact) mass is 758 g/mol. The van der Waals surface area contributed by atoms with Gasteiger partial charge >= 0.3 is 11.9 Å². The Morgan fingerprint density at radius 1 is 0.611 bits per heavy atom. The smallest absolute Gasteiger partial charge is 0.335 e. The maximum absolute atomic E-state index is 12.1. The maximum atomic E-state index is 12.1. The Morgan fingerprint density at radius 3 is 1.30 bits per heavy atom. The van der Waals surface area contributed by atoms with Gasteiger partial charge in [-0.25, -0.2) is 19.6 Å². The number of hydrogen-bond acceptors (Lipinski definition) is 16. The Bertz CT molecular complexity index is 1920. The minimum absolute atomic E-state index is 0.141. The molecule has 0 spiro atoms. The van der Waals surface area contributed by atoms with E-state index in [1.807, 2.05) is 26.0 Å². The van der Waals surface area contributed by atoms with Crippen molar-refractivity contribution in [2.75, 3.05) is 62.2 Å². The van der Waals surface area contributed by atoms with Crippen molar-refractivity contribution in [1.82, 2.24) is 28.9 Å². The zero-order valence-electron chi connectivity index (χ0n) is 30.0. The molecule has 6 saturated heterocycles. The van der Waals surface area contributed by atoms with Crippen molar-refractivity contribution in [2.45, 2.75) is 76.0 Å². The lowest BCUT2D eigenvalue weighted by atomic mass is 10.0. The highest BCUT2D eigenvalue weighted by atomic mass is 16.5. The van der Waals surface area contributed by atoms with E-state index in [1.54, 1.807) is 12.1 Å². The van der Waals surface area contributed by atoms with Gasteiger partial charge in [-0.3, -0.25) is 9.59 Å². The Hall–Kier alpha value is -4.86. The van der Waals surface area contributed by atoms with Crippen LogP contribution in [0.15, 0.2) is 42.9 Å². The van der Waals surface area contributed by atoms with E-state index in [0.717, 1.165) is 89.7 Å². The van der Waals surface area contributed by atoms with Crippen LogP contribution in [0.4, 0.5) is 11.6 Å². The number of aliphatic hydroxyl groups is 4. The molecule has 6 fully saturated rings. The standard InChI is InChI=1S/2C14H18N4O2.C6H10O8/c2*1-10-8-13-15-12(9-14(19)18(13)20-10)17-7-6-16-4-2-11(17)3-5-16;7-1(3(9)5(11)12)2(8)4(10)6(13)14/h2*8-9,11H,2-7H2,1H3;1-4,7-10H,(H,11,12)(H,13,14)/t;;1-,2+,3+,4-. The van der Waals surface area contributed by atoms with Crippen molar-refractivity contribution in [3.05, 3.63) is 56.5 Å². The lowest BCUT2D eigenvalue weighted by Gasteiger charge is -2.31. The van der Waals surface area contributed by atoms with Gasteiger partial charge in [0.1, 0.15) is 35.4 Å². The number of aliphatic hydroxyl groups excluding tert-OH is 4. The average molecular weight is 759 g/mol. The number of carbonyl (C=O) groups is 2. The summed E-state index contributed by atoms with van der Waals surface area (Å²) >= 11 is 0. The second-order valence-electron chi connectivity index (χ2n) is 14.0. The topological polar surface area (TPSA) is 263 Å². The number of piperidine rings is 2. The molecule has 0 unspecified atom stereocenters. The molecule has 0 amide bonds. The van der Waals surface area contributed by atoms with E-state index in [2.05, 4.69) is 29.6 Å². The number of rotatable bonds is 7. The van der Waals surface area contributed by atoms with Gasteiger partial charge in [-0.2, -0.15) is 0 Å². The first-order chi connectivity index (χ1) is 25.7. The van der Waals surface area contributed by atoms with Crippen LogP contribution in [0.25, 0.3) is 11.3 Å². The number of anilines is 2. The Balaban J connectivity index is 0.000000141. The van der Waals surface area contributed by atoms with Gasteiger partial charge in [0.25, 0.3) is 11.1 Å². The Kier molecular flexibility index (Phi) is 11.7. The van der Waals surface area contributed by atoms with Gasteiger partial charge in [-0.1, -0.05) is 0 Å². The number of aliphatic carboxylic acids is 2. The fourth-order valence-electron chi connectivity index (χ4n) is 7.36. The minimum atomic E-state index is -2.36. The van der Waals surface area contributed by atoms with Crippen LogP contribution >= 0.6 is 0 Å². The van der Waals surface area contributed by atoms with Crippen LogP contribution < -0.4 is 20.9 Å². The molecule has 20 nitrogen and oxygen atoms in total. The summed E-state index contributed by atoms with van der Waals surface area (Å²) in [5, 5.41) is 51.5. The molecular formula is C34H46N8O12. The molecule has 0 saturated carbocycles. The van der Waals surface area contributed by atoms with E-state index in [9.17, 15) is 19.2 Å². The number of aromatic nitrogens is 4. The van der Waals surface area contributed by atoms with E-state index >= 15 is 0 Å². The van der Waals surface area contributed by atoms with Gasteiger partial charge in [0.15, 0.2) is 23.5 Å². The van der Waals surface area contributed by atoms with Crippen LogP contribution in [0.1, 0.15) is 37.2 Å². The third-order valence-corrected chi connectivity index (χ3v) is 10.3. The van der Waals surface area contributed by atoms with Crippen molar-refractivity contribution >= 4 is 34.9 Å². The third-order valence-electron chi connectivity index (χ3n) is 10.3. The molecule has 0 radical (unpaired) electrons. The average Bonchev–Trinajstić information content (AvgIpc) is 3.38. The molecule has 4 aromatic rings. The summed E-state index contributed by atoms with van der Waals surface area (Å²) < 4.78 is 13.2. The van der Waals surface area contributed by atoms with Gasteiger partial charge in [0.05, 0.1) is 0 Å². The van der Waals surface area contributed by atoms with Gasteiger partial charge in [-0.05, 0) is 39.5 Å². The van der Waals surface area contributed by atoms with Crippen LogP contribution in [0, 0.1) is 13.8 Å². The fraction of sp³-hybridized carbons (Fsp3) is 0.588. The molecule has 4 atom stereocenters. The van der Waals surface area contributed by atoms with Crippen LogP contribution in [-0.2, 0) is 9.59 Å². The highest BCUT2D eigenvalue weighted by molar-refractivity contribution is 5.75. The highest BCUT2D eigenvalue weighted by Crippen LogP contribution is 2.26. The number of fused-ring (bicyclic) bond motifs is 10. The van der Waals surface area contributed by atoms with E-state index < -0.39 is 36.4 Å². The van der Waals surface area contributed by atoms with Crippen molar-refractivity contribution in [1.29, 1.82) is 0 Å². The van der Waals surface area contributed by atoms with Crippen molar-refractivity contribution in [3.63, 3.8) is 0 Å². The molecule has 6 aliphatic rings. The van der Waals surface area contributed by atoms with E-state index in [1.165, 1.54) is 9.15 Å². The van der Waals surface area contributed by atoms with Crippen LogP contribution in [0.3, 0.4) is 0 Å². The molecule has 10 rings (SSSR count). The molecule has 54 heavy (non-hydrogen) atoms. The molecule has 0 aromatic carbocycles. The maximum Gasteiger partial charge on any atom is 0.335 e. The predicted molar refractivity (Wildman–Crippen MR) is 190 cm³/mol. The zero-order chi connectivity index (χ0) is 38.8. The summed E-state index contributed by atoms with van der Waals surface area (Å²) in [7, 11) is 0. The molecular weight excluding hydrogens is 712 g/mol. The number of carboxylic acids is 2. The van der Waals surface area contributed by atoms with Crippen LogP contribution in [0.2, 0.25) is 0 Å². The molecule has 0 aliphatic carbocycles. The Labute approximate surface area is 307 Å². The van der Waals surface area contributed by atoms with Gasteiger partial charge in [0.2, 0.25) is 0 Å². The molecule has 4 bridgehead atoms. The third kappa shape index (κ3) is 8.43. The number of aryl methyl sites for hydroxylation is 2. The summed E-state index contributed by atoms with van der Waals surface area (Å²) in [5.41, 5.74) is 0.919. The number of carboxylic acid groups (broad SMARTS) is 2. The van der Waals surface area contributed by atoms with Crippen LogP contribution in [-0.4, -0.2) is 160 Å². The van der Waals surface area contributed by atoms with Gasteiger partial charge in [0, 0.05) is 88.7 Å². The van der Waals surface area contributed by atoms with E-state index in [0.29, 0.717) is 34.9 Å². The molecule has 4 aromatic heterocycles. The molecule has 6 N–H and O–H groups in total. The highest BCUT2D eigenvalue weighted by Gasteiger charge is 2.37. The molecule has 10 heterocycles. The fourth-order valence-corrected chi connectivity index (χ4v) is 7.36. The largest absolute Gasteiger partial charge is 0.479 e. The number of nitrogens with zero attached hydrogens (tertiary/aromatic N) is 8. The molecule has 6 aliphatic heterocycles. The first-order valence-corrected chi connectivity index (χ1v) is 17.9. The first-order valence-electron chi connectivity index (χ1n) is 17.9. The summed E-state index contributed by atoms with van der Waals surface area (Å²) in [6.45, 7) is 12.3. The van der Waals surface area contributed by atoms with Crippen molar-refractivity contribution in [2.24, 2.45) is 0 Å². The lowest BCUT2D eigenvalue weighted by molar-refractivity contribution is -0.172. The number of hydrogen-bond donors (Lipinski definition) is 6. The van der Waals surface area contributed by atoms with E-state index in [4.69, 9.17) is 39.7 Å². The van der Waals surface area contributed by atoms with Gasteiger partial charge in [-0.15, -0.1) is 9.15 Å². The zero-order valence-corrected chi connectivity index (χ0v) is 30.0. The molecule has 294 valence electrons. The molecule has 20 heteroatoms. The predicted octanol–water partition coefficient (Wildman–Crippen LogP) is -1.64. The van der Waals surface area contributed by atoms with E-state index in [-0.39, 0.29) is 11.1 Å². The quantitative estimate of drug-likeness (QED) is 0.123. The van der Waals surface area contributed by atoms with Crippen molar-refractivity contribution in [3.8, 4) is 0 Å². The summed E-state index contributed by atoms with van der Waals surface area (Å²) in [6.07, 6.45) is -4.65. The summed E-state index contributed by atoms with van der Waals surface area (Å²) in [4.78, 5) is 63.3. The SMILES string of the molecule is Cc1cc2nc(N3CCN4CCC3CC4)cc(=O)n2o1.Cc1cc2nc(N3CCN4CCC3CC4)cc(=O)n2o1.O=C(O)[C@@H](O)[C@H](O)[C@H](O)[C@@H](O)C(=O)O. The Morgan fingerprint density at radius 2 is 0.963 bits per heavy atom. The van der Waals surface area contributed by atoms with Crippen LogP contribution in [0.5, 0.6) is 0 Å². The second kappa shape index (κ2) is 16.2. The van der Waals surface area contributed by atoms with Gasteiger partial charge < -0.3 is 59.3 Å². The normalized spacial score (nSPS) is 24.4. The first kappa shape index (κ1) is 38.9. The van der Waals surface area contributed by atoms with Crippen molar-refractivity contribution < 1.29 is 49.3 Å².